The third-order valence-corrected chi connectivity index (χ3v) is 5.04. The molecule has 0 spiro atoms. The molecule has 1 amide bonds. The van der Waals surface area contributed by atoms with Crippen molar-refractivity contribution >= 4 is 17.5 Å². The van der Waals surface area contributed by atoms with E-state index in [0.717, 1.165) is 43.9 Å². The summed E-state index contributed by atoms with van der Waals surface area (Å²) in [4.78, 5) is 16.9. The van der Waals surface area contributed by atoms with Crippen LogP contribution in [0.1, 0.15) is 22.5 Å². The summed E-state index contributed by atoms with van der Waals surface area (Å²) >= 11 is 6.02. The first-order valence-corrected chi connectivity index (χ1v) is 9.49. The fraction of sp³-hybridized carbons (Fsp3) is 0.400. The summed E-state index contributed by atoms with van der Waals surface area (Å²) in [6.45, 7) is 10.1. The summed E-state index contributed by atoms with van der Waals surface area (Å²) in [5.41, 5.74) is 1.40. The van der Waals surface area contributed by atoms with Crippen LogP contribution in [0.3, 0.4) is 0 Å². The maximum atomic E-state index is 12.7. The minimum absolute atomic E-state index is 0.0310. The molecule has 1 saturated heterocycles. The SMILES string of the molecule is C=CCN1CCCN(C(=O)c2ccn(COc3ccc(Cl)c(C)c3)n2)CC1. The van der Waals surface area contributed by atoms with Crippen molar-refractivity contribution in [2.24, 2.45) is 0 Å². The smallest absolute Gasteiger partial charge is 0.274 e. The molecule has 1 aromatic carbocycles. The molecule has 0 bridgehead atoms. The molecule has 6 nitrogen and oxygen atoms in total. The Balaban J connectivity index is 1.57. The van der Waals surface area contributed by atoms with Crippen LogP contribution in [0.25, 0.3) is 0 Å². The molecule has 1 aliphatic heterocycles. The third-order valence-electron chi connectivity index (χ3n) is 4.62. The molecular weight excluding hydrogens is 364 g/mol. The van der Waals surface area contributed by atoms with Gasteiger partial charge in [-0.1, -0.05) is 17.7 Å². The number of ether oxygens (including phenoxy) is 1. The molecule has 0 aliphatic carbocycles. The Morgan fingerprint density at radius 1 is 1.30 bits per heavy atom. The van der Waals surface area contributed by atoms with Crippen LogP contribution in [0.4, 0.5) is 0 Å². The fourth-order valence-electron chi connectivity index (χ4n) is 3.10. The van der Waals surface area contributed by atoms with Gasteiger partial charge in [0.1, 0.15) is 5.75 Å². The Labute approximate surface area is 165 Å². The summed E-state index contributed by atoms with van der Waals surface area (Å²) in [6.07, 6.45) is 4.62. The lowest BCUT2D eigenvalue weighted by Crippen LogP contribution is -2.35. The molecule has 0 radical (unpaired) electrons. The van der Waals surface area contributed by atoms with Gasteiger partial charge >= 0.3 is 0 Å². The second-order valence-corrected chi connectivity index (χ2v) is 7.07. The van der Waals surface area contributed by atoms with Gasteiger partial charge in [0.05, 0.1) is 0 Å². The first-order valence-electron chi connectivity index (χ1n) is 9.12. The summed E-state index contributed by atoms with van der Waals surface area (Å²) in [5.74, 6) is 0.687. The van der Waals surface area contributed by atoms with Crippen molar-refractivity contribution in [2.45, 2.75) is 20.1 Å². The van der Waals surface area contributed by atoms with E-state index in [1.807, 2.05) is 30.0 Å². The van der Waals surface area contributed by atoms with Crippen LogP contribution in [0.5, 0.6) is 5.75 Å². The Hall–Kier alpha value is -2.31. The predicted molar refractivity (Wildman–Crippen MR) is 106 cm³/mol. The number of aryl methyl sites for hydroxylation is 1. The van der Waals surface area contributed by atoms with Crippen LogP contribution in [0.2, 0.25) is 5.02 Å². The van der Waals surface area contributed by atoms with E-state index < -0.39 is 0 Å². The number of amides is 1. The van der Waals surface area contributed by atoms with Crippen LogP contribution in [0.15, 0.2) is 43.1 Å². The third kappa shape index (κ3) is 5.11. The first-order chi connectivity index (χ1) is 13.1. The second-order valence-electron chi connectivity index (χ2n) is 6.66. The van der Waals surface area contributed by atoms with Crippen molar-refractivity contribution < 1.29 is 9.53 Å². The van der Waals surface area contributed by atoms with Gasteiger partial charge in [0.15, 0.2) is 12.4 Å². The summed E-state index contributed by atoms with van der Waals surface area (Å²) in [7, 11) is 0. The topological polar surface area (TPSA) is 50.6 Å². The molecule has 0 unspecified atom stereocenters. The number of carbonyl (C=O) groups is 1. The van der Waals surface area contributed by atoms with E-state index in [2.05, 4.69) is 16.6 Å². The number of nitrogens with zero attached hydrogens (tertiary/aromatic N) is 4. The van der Waals surface area contributed by atoms with Gasteiger partial charge in [-0.25, -0.2) is 4.68 Å². The van der Waals surface area contributed by atoms with Gasteiger partial charge in [0.2, 0.25) is 0 Å². The molecule has 0 saturated carbocycles. The van der Waals surface area contributed by atoms with Crippen LogP contribution in [-0.2, 0) is 6.73 Å². The molecule has 2 heterocycles. The number of benzene rings is 1. The van der Waals surface area contributed by atoms with Crippen molar-refractivity contribution in [1.29, 1.82) is 0 Å². The van der Waals surface area contributed by atoms with Crippen molar-refractivity contribution in [3.05, 3.63) is 59.4 Å². The van der Waals surface area contributed by atoms with Gasteiger partial charge in [-0.05, 0) is 43.2 Å². The molecule has 1 fully saturated rings. The molecular formula is C20H25ClN4O2. The highest BCUT2D eigenvalue weighted by atomic mass is 35.5. The van der Waals surface area contributed by atoms with Gasteiger partial charge in [-0.3, -0.25) is 9.69 Å². The molecule has 7 heteroatoms. The largest absolute Gasteiger partial charge is 0.471 e. The molecule has 1 aromatic heterocycles. The van der Waals surface area contributed by atoms with E-state index in [-0.39, 0.29) is 12.6 Å². The van der Waals surface area contributed by atoms with Crippen molar-refractivity contribution in [1.82, 2.24) is 19.6 Å². The molecule has 2 aromatic rings. The van der Waals surface area contributed by atoms with Crippen LogP contribution >= 0.6 is 11.6 Å². The predicted octanol–water partition coefficient (Wildman–Crippen LogP) is 3.22. The Morgan fingerprint density at radius 3 is 2.93 bits per heavy atom. The number of hydrogen-bond acceptors (Lipinski definition) is 4. The molecule has 1 aliphatic rings. The lowest BCUT2D eigenvalue weighted by atomic mass is 10.2. The normalized spacial score (nSPS) is 15.4. The zero-order valence-electron chi connectivity index (χ0n) is 15.6. The van der Waals surface area contributed by atoms with Crippen molar-refractivity contribution in [2.75, 3.05) is 32.7 Å². The van der Waals surface area contributed by atoms with E-state index in [1.54, 1.807) is 23.0 Å². The number of aromatic nitrogens is 2. The Morgan fingerprint density at radius 2 is 2.15 bits per heavy atom. The van der Waals surface area contributed by atoms with E-state index >= 15 is 0 Å². The number of rotatable bonds is 6. The summed E-state index contributed by atoms with van der Waals surface area (Å²) < 4.78 is 7.35. The number of halogens is 1. The fourth-order valence-corrected chi connectivity index (χ4v) is 3.21. The number of hydrogen-bond donors (Lipinski definition) is 0. The van der Waals surface area contributed by atoms with Crippen molar-refractivity contribution in [3.63, 3.8) is 0 Å². The highest BCUT2D eigenvalue weighted by molar-refractivity contribution is 6.31. The lowest BCUT2D eigenvalue weighted by Gasteiger charge is -2.20. The van der Waals surface area contributed by atoms with Gasteiger partial charge in [-0.15, -0.1) is 6.58 Å². The average molecular weight is 389 g/mol. The zero-order valence-corrected chi connectivity index (χ0v) is 16.4. The maximum absolute atomic E-state index is 12.7. The maximum Gasteiger partial charge on any atom is 0.274 e. The van der Waals surface area contributed by atoms with Crippen LogP contribution in [-0.4, -0.2) is 58.2 Å². The highest BCUT2D eigenvalue weighted by Gasteiger charge is 2.21. The molecule has 27 heavy (non-hydrogen) atoms. The molecule has 0 atom stereocenters. The Bertz CT molecular complexity index is 805. The van der Waals surface area contributed by atoms with E-state index in [0.29, 0.717) is 17.3 Å². The summed E-state index contributed by atoms with van der Waals surface area (Å²) in [5, 5.41) is 5.08. The Kier molecular flexibility index (Phi) is 6.53. The molecule has 144 valence electrons. The standard InChI is InChI=1S/C20H25ClN4O2/c1-3-8-23-9-4-10-24(13-12-23)20(26)19-7-11-25(22-19)15-27-17-5-6-18(21)16(2)14-17/h3,5-7,11,14H,1,4,8-10,12-13,15H2,2H3. The van der Waals surface area contributed by atoms with E-state index in [9.17, 15) is 4.79 Å². The van der Waals surface area contributed by atoms with Crippen molar-refractivity contribution in [3.8, 4) is 5.75 Å². The van der Waals surface area contributed by atoms with Crippen LogP contribution < -0.4 is 4.74 Å². The highest BCUT2D eigenvalue weighted by Crippen LogP contribution is 2.21. The lowest BCUT2D eigenvalue weighted by molar-refractivity contribution is 0.0754. The average Bonchev–Trinajstić information content (AvgIpc) is 3.01. The second kappa shape index (κ2) is 9.06. The molecule has 3 rings (SSSR count). The summed E-state index contributed by atoms with van der Waals surface area (Å²) in [6, 6.07) is 7.24. The molecule has 0 N–H and O–H groups in total. The van der Waals surface area contributed by atoms with Gasteiger partial charge < -0.3 is 9.64 Å². The van der Waals surface area contributed by atoms with E-state index in [4.69, 9.17) is 16.3 Å². The van der Waals surface area contributed by atoms with Gasteiger partial charge in [-0.2, -0.15) is 5.10 Å². The first kappa shape index (κ1) is 19.5. The van der Waals surface area contributed by atoms with Gasteiger partial charge in [0.25, 0.3) is 5.91 Å². The van der Waals surface area contributed by atoms with Gasteiger partial charge in [0, 0.05) is 43.9 Å². The monoisotopic (exact) mass is 388 g/mol. The minimum Gasteiger partial charge on any atom is -0.471 e. The van der Waals surface area contributed by atoms with Crippen LogP contribution in [0, 0.1) is 6.92 Å². The quantitative estimate of drug-likeness (QED) is 0.713. The van der Waals surface area contributed by atoms with E-state index in [1.165, 1.54) is 0 Å². The minimum atomic E-state index is -0.0310. The zero-order chi connectivity index (χ0) is 19.2. The number of carbonyl (C=O) groups excluding carboxylic acids is 1.